The first-order valence-corrected chi connectivity index (χ1v) is 14.9. The number of ketones is 1. The van der Waals surface area contributed by atoms with Crippen LogP contribution in [0.1, 0.15) is 99.7 Å². The van der Waals surface area contributed by atoms with Crippen molar-refractivity contribution in [3.05, 3.63) is 61.7 Å². The fraction of sp³-hybridized carbons (Fsp3) is 0.515. The topological polar surface area (TPSA) is 111 Å². The van der Waals surface area contributed by atoms with E-state index in [1.165, 1.54) is 6.07 Å². The normalized spacial score (nSPS) is 21.0. The van der Waals surface area contributed by atoms with Crippen LogP contribution in [0.2, 0.25) is 0 Å². The van der Waals surface area contributed by atoms with E-state index in [-0.39, 0.29) is 67.4 Å². The maximum Gasteiger partial charge on any atom is 0.254 e. The van der Waals surface area contributed by atoms with Gasteiger partial charge in [-0.3, -0.25) is 14.4 Å². The van der Waals surface area contributed by atoms with Crippen LogP contribution in [0.15, 0.2) is 16.9 Å². The van der Waals surface area contributed by atoms with Gasteiger partial charge in [-0.2, -0.15) is 0 Å². The van der Waals surface area contributed by atoms with Crippen LogP contribution in [-0.4, -0.2) is 38.1 Å². The minimum absolute atomic E-state index is 0.0291. The zero-order valence-electron chi connectivity index (χ0n) is 25.1. The van der Waals surface area contributed by atoms with Crippen molar-refractivity contribution in [3.63, 3.8) is 0 Å². The molecule has 2 aliphatic carbocycles. The van der Waals surface area contributed by atoms with Crippen LogP contribution in [0.4, 0.5) is 4.39 Å². The molecule has 3 heterocycles. The second-order valence-electron chi connectivity index (χ2n) is 12.9. The molecule has 2 N–H and O–H groups in total. The number of nitrogens with one attached hydrogen (secondary N) is 1. The number of fused-ring (bicyclic) bond motifs is 5. The number of amides is 1. The largest absolute Gasteiger partial charge is 0.377 e. The Morgan fingerprint density at radius 2 is 1.95 bits per heavy atom. The fourth-order valence-electron chi connectivity index (χ4n) is 7.39. The van der Waals surface area contributed by atoms with E-state index in [1.54, 1.807) is 24.5 Å². The van der Waals surface area contributed by atoms with E-state index in [0.717, 1.165) is 22.1 Å². The standard InChI is InChI=1S/C33H38FN3O5/c1-7-33(41)21-12-25-30-20(15-37(25)31(40)19(21)9-11-26(33)38)29-23(35-27(39)14-32(5,6)42-16(2)3)10-8-18-17(4)22(34)13-24(36-30)28(18)29/h12-13,16,23,41H,7-11,14-15H2,1-6H3,(H,35,39)/t23-,33-/m0/s1. The zero-order valence-corrected chi connectivity index (χ0v) is 25.1. The molecule has 1 aromatic carbocycles. The maximum atomic E-state index is 15.1. The summed E-state index contributed by atoms with van der Waals surface area (Å²) >= 11 is 0. The molecule has 0 spiro atoms. The van der Waals surface area contributed by atoms with Gasteiger partial charge in [-0.1, -0.05) is 6.92 Å². The molecule has 2 aromatic heterocycles. The lowest BCUT2D eigenvalue weighted by atomic mass is 9.77. The predicted molar refractivity (Wildman–Crippen MR) is 157 cm³/mol. The number of nitrogens with zero attached hydrogens (tertiary/aromatic N) is 2. The molecule has 42 heavy (non-hydrogen) atoms. The number of carbonyl (C=O) groups excluding carboxylic acids is 2. The molecule has 3 aromatic rings. The van der Waals surface area contributed by atoms with Gasteiger partial charge >= 0.3 is 0 Å². The molecule has 0 bridgehead atoms. The Morgan fingerprint density at radius 1 is 1.21 bits per heavy atom. The Labute approximate surface area is 244 Å². The summed E-state index contributed by atoms with van der Waals surface area (Å²) in [6.45, 7) is 11.4. The Hall–Kier alpha value is -3.43. The number of carbonyl (C=O) groups is 2. The summed E-state index contributed by atoms with van der Waals surface area (Å²) < 4.78 is 22.7. The number of benzene rings is 1. The summed E-state index contributed by atoms with van der Waals surface area (Å²) in [6.07, 6.45) is 1.84. The number of Topliss-reactive ketones (excluding diaryl/α,β-unsaturated/α-hetero) is 1. The fourth-order valence-corrected chi connectivity index (χ4v) is 7.39. The molecule has 2 atom stereocenters. The van der Waals surface area contributed by atoms with E-state index in [2.05, 4.69) is 5.32 Å². The van der Waals surface area contributed by atoms with Crippen LogP contribution < -0.4 is 10.9 Å². The van der Waals surface area contributed by atoms with Gasteiger partial charge < -0.3 is 19.7 Å². The molecule has 8 nitrogen and oxygen atoms in total. The molecule has 0 fully saturated rings. The van der Waals surface area contributed by atoms with Crippen LogP contribution in [0, 0.1) is 12.7 Å². The first-order chi connectivity index (χ1) is 19.8. The first kappa shape index (κ1) is 28.7. The maximum absolute atomic E-state index is 15.1. The molecule has 222 valence electrons. The number of aliphatic hydroxyl groups is 1. The summed E-state index contributed by atoms with van der Waals surface area (Å²) in [5.41, 5.74) is 2.75. The van der Waals surface area contributed by atoms with Crippen LogP contribution >= 0.6 is 0 Å². The number of ether oxygens (including phenoxy) is 1. The molecule has 0 saturated carbocycles. The highest BCUT2D eigenvalue weighted by Gasteiger charge is 2.44. The zero-order chi connectivity index (χ0) is 30.3. The molecule has 3 aliphatic rings. The van der Waals surface area contributed by atoms with E-state index in [9.17, 15) is 19.5 Å². The van der Waals surface area contributed by atoms with Gasteiger partial charge in [0.2, 0.25) is 5.91 Å². The van der Waals surface area contributed by atoms with E-state index in [4.69, 9.17) is 9.72 Å². The molecule has 1 amide bonds. The Kier molecular flexibility index (Phi) is 6.70. The molecule has 0 unspecified atom stereocenters. The lowest BCUT2D eigenvalue weighted by molar-refractivity contribution is -0.140. The number of aromatic nitrogens is 2. The van der Waals surface area contributed by atoms with Crippen LogP contribution in [0.25, 0.3) is 22.3 Å². The summed E-state index contributed by atoms with van der Waals surface area (Å²) in [5.74, 6) is -0.796. The smallest absolute Gasteiger partial charge is 0.254 e. The second kappa shape index (κ2) is 9.81. The molecule has 9 heteroatoms. The van der Waals surface area contributed by atoms with Crippen molar-refractivity contribution in [2.24, 2.45) is 0 Å². The lowest BCUT2D eigenvalue weighted by Gasteiger charge is -2.32. The number of hydrogen-bond donors (Lipinski definition) is 2. The third-order valence-corrected chi connectivity index (χ3v) is 9.23. The third-order valence-electron chi connectivity index (χ3n) is 9.23. The van der Waals surface area contributed by atoms with Crippen LogP contribution in [-0.2, 0) is 39.3 Å². The highest BCUT2D eigenvalue weighted by Crippen LogP contribution is 2.46. The van der Waals surface area contributed by atoms with Crippen molar-refractivity contribution >= 4 is 22.6 Å². The monoisotopic (exact) mass is 575 g/mol. The van der Waals surface area contributed by atoms with E-state index < -0.39 is 11.2 Å². The number of aryl methyl sites for hydroxylation is 1. The lowest BCUT2D eigenvalue weighted by Crippen LogP contribution is -2.43. The average Bonchev–Trinajstić information content (AvgIpc) is 3.27. The Morgan fingerprint density at radius 3 is 2.64 bits per heavy atom. The summed E-state index contributed by atoms with van der Waals surface area (Å²) in [4.78, 5) is 44.9. The van der Waals surface area contributed by atoms with Crippen molar-refractivity contribution in [1.82, 2.24) is 14.9 Å². The van der Waals surface area contributed by atoms with Crippen molar-refractivity contribution in [3.8, 4) is 11.4 Å². The minimum atomic E-state index is -1.73. The van der Waals surface area contributed by atoms with Gasteiger partial charge in [-0.05, 0) is 83.1 Å². The molecule has 6 rings (SSSR count). The van der Waals surface area contributed by atoms with Crippen molar-refractivity contribution in [1.29, 1.82) is 0 Å². The van der Waals surface area contributed by atoms with Gasteiger partial charge in [-0.25, -0.2) is 9.37 Å². The van der Waals surface area contributed by atoms with Gasteiger partial charge in [0, 0.05) is 34.6 Å². The SMILES string of the molecule is CC[C@@]1(O)C(=O)CCc2c1cc1n(c2=O)Cc2c-1nc1cc(F)c(C)c3c1c2[C@@H](NC(=O)CC(C)(C)OC(C)C)CC3. The van der Waals surface area contributed by atoms with Crippen LogP contribution in [0.5, 0.6) is 0 Å². The minimum Gasteiger partial charge on any atom is -0.377 e. The first-order valence-electron chi connectivity index (χ1n) is 14.9. The summed E-state index contributed by atoms with van der Waals surface area (Å²) in [7, 11) is 0. The molecule has 0 radical (unpaired) electrons. The van der Waals surface area contributed by atoms with E-state index in [0.29, 0.717) is 46.4 Å². The van der Waals surface area contributed by atoms with Crippen molar-refractivity contribution in [2.75, 3.05) is 0 Å². The molecule has 1 aliphatic heterocycles. The molecular formula is C33H38FN3O5. The number of pyridine rings is 2. The number of halogens is 1. The highest BCUT2D eigenvalue weighted by atomic mass is 19.1. The number of rotatable bonds is 6. The van der Waals surface area contributed by atoms with Crippen molar-refractivity contribution in [2.45, 2.75) is 110 Å². The summed E-state index contributed by atoms with van der Waals surface area (Å²) in [5, 5.41) is 15.4. The van der Waals surface area contributed by atoms with Crippen LogP contribution in [0.3, 0.4) is 0 Å². The Bertz CT molecular complexity index is 1740. The third kappa shape index (κ3) is 4.31. The molecule has 0 saturated heterocycles. The van der Waals surface area contributed by atoms with Gasteiger partial charge in [0.25, 0.3) is 5.56 Å². The predicted octanol–water partition coefficient (Wildman–Crippen LogP) is 4.68. The van der Waals surface area contributed by atoms with E-state index in [1.807, 2.05) is 27.7 Å². The van der Waals surface area contributed by atoms with Gasteiger partial charge in [0.15, 0.2) is 5.78 Å². The highest BCUT2D eigenvalue weighted by molar-refractivity contribution is 5.94. The number of hydrogen-bond acceptors (Lipinski definition) is 6. The average molecular weight is 576 g/mol. The summed E-state index contributed by atoms with van der Waals surface area (Å²) in [6, 6.07) is 2.78. The second-order valence-corrected chi connectivity index (χ2v) is 12.9. The Balaban J connectivity index is 1.52. The van der Waals surface area contributed by atoms with E-state index >= 15 is 4.39 Å². The van der Waals surface area contributed by atoms with Gasteiger partial charge in [0.1, 0.15) is 11.4 Å². The van der Waals surface area contributed by atoms with Crippen molar-refractivity contribution < 1.29 is 23.8 Å². The molecular weight excluding hydrogens is 537 g/mol. The van der Waals surface area contributed by atoms with Gasteiger partial charge in [-0.15, -0.1) is 0 Å². The quantitative estimate of drug-likeness (QED) is 0.345. The van der Waals surface area contributed by atoms with Gasteiger partial charge in [0.05, 0.1) is 47.6 Å².